The molecule has 0 radical (unpaired) electrons. The highest BCUT2D eigenvalue weighted by molar-refractivity contribution is 9.10. The third-order valence-corrected chi connectivity index (χ3v) is 19.5. The van der Waals surface area contributed by atoms with Gasteiger partial charge in [-0.15, -0.1) is 0 Å². The Morgan fingerprint density at radius 3 is 2.39 bits per heavy atom. The summed E-state index contributed by atoms with van der Waals surface area (Å²) in [4.78, 5) is 62.4. The van der Waals surface area contributed by atoms with Crippen LogP contribution in [0.1, 0.15) is 88.6 Å². The van der Waals surface area contributed by atoms with Gasteiger partial charge in [0.25, 0.3) is 0 Å². The number of amides is 3. The van der Waals surface area contributed by atoms with Gasteiger partial charge >= 0.3 is 0 Å². The number of aromatic nitrogens is 3. The molecule has 374 valence electrons. The summed E-state index contributed by atoms with van der Waals surface area (Å²) in [5.41, 5.74) is 7.96. The van der Waals surface area contributed by atoms with Crippen molar-refractivity contribution < 1.29 is 23.7 Å². The van der Waals surface area contributed by atoms with Gasteiger partial charge in [0.05, 0.1) is 33.4 Å². The highest BCUT2D eigenvalue weighted by Crippen LogP contribution is 2.54. The molecule has 4 fully saturated rings. The first-order valence-electron chi connectivity index (χ1n) is 25.6. The van der Waals surface area contributed by atoms with Crippen molar-refractivity contribution in [1.82, 2.24) is 30.1 Å². The standard InChI is InChI=1S/C54H66BrN10O5P/c1-6-36-13-14-38-40(57-36)15-16-41(49(38)71(69)29-8-9-30-71)58-50-39(55)33-56-53(61-50)59-42-31-34(3)45(32-46(42)70-7-2)64-23-20-37(21-24-64)63-27-25-62(26-28-63)22-19-35-11-10-12-43-48(35)54(4,5)52(68)65(43)44-17-18-47(66)60-51(44)67/h10-16,31-33,37,44H,6-9,17-30H2,1-5H3,(H,60,66,67)(H2,56,58,59,61). The zero-order chi connectivity index (χ0) is 49.6. The summed E-state index contributed by atoms with van der Waals surface area (Å²) < 4.78 is 21.5. The number of fused-ring (bicyclic) bond motifs is 2. The van der Waals surface area contributed by atoms with E-state index >= 15 is 0 Å². The van der Waals surface area contributed by atoms with E-state index in [4.69, 9.17) is 14.7 Å². The summed E-state index contributed by atoms with van der Waals surface area (Å²) in [7, 11) is -2.65. The normalized spacial score (nSPS) is 20.6. The van der Waals surface area contributed by atoms with Gasteiger partial charge in [0.1, 0.15) is 24.8 Å². The maximum absolute atomic E-state index is 14.5. The third kappa shape index (κ3) is 9.69. The van der Waals surface area contributed by atoms with Crippen LogP contribution in [-0.2, 0) is 37.2 Å². The third-order valence-electron chi connectivity index (χ3n) is 15.5. The van der Waals surface area contributed by atoms with E-state index in [1.54, 1.807) is 11.1 Å². The van der Waals surface area contributed by atoms with Gasteiger partial charge < -0.3 is 29.7 Å². The van der Waals surface area contributed by atoms with Crippen LogP contribution in [0.15, 0.2) is 65.3 Å². The van der Waals surface area contributed by atoms with Gasteiger partial charge in [-0.25, -0.2) is 4.98 Å². The molecule has 7 heterocycles. The van der Waals surface area contributed by atoms with Crippen LogP contribution in [0.25, 0.3) is 10.9 Å². The zero-order valence-corrected chi connectivity index (χ0v) is 44.1. The molecular weight excluding hydrogens is 980 g/mol. The van der Waals surface area contributed by atoms with Gasteiger partial charge in [-0.1, -0.05) is 25.1 Å². The van der Waals surface area contributed by atoms with Crippen molar-refractivity contribution >= 4 is 91.5 Å². The molecule has 1 atom stereocenters. The van der Waals surface area contributed by atoms with Crippen LogP contribution in [0, 0.1) is 6.92 Å². The first-order valence-corrected chi connectivity index (χ1v) is 28.5. The molecule has 0 saturated carbocycles. The zero-order valence-electron chi connectivity index (χ0n) is 41.7. The number of piperidine rings is 2. The second kappa shape index (κ2) is 20.2. The fraction of sp³-hybridized carbons (Fsp3) is 0.481. The monoisotopic (exact) mass is 1040 g/mol. The molecule has 5 aliphatic rings. The molecule has 5 aromatic rings. The van der Waals surface area contributed by atoms with Crippen molar-refractivity contribution in [3.05, 3.63) is 87.7 Å². The summed E-state index contributed by atoms with van der Waals surface area (Å²) in [5, 5.41) is 11.3. The van der Waals surface area contributed by atoms with E-state index in [9.17, 15) is 18.9 Å². The van der Waals surface area contributed by atoms with E-state index in [2.05, 4.69) is 89.7 Å². The number of nitrogens with zero attached hydrogens (tertiary/aromatic N) is 7. The van der Waals surface area contributed by atoms with E-state index < -0.39 is 24.5 Å². The molecule has 3 amide bonds. The fourth-order valence-electron chi connectivity index (χ4n) is 11.8. The van der Waals surface area contributed by atoms with Crippen LogP contribution >= 0.6 is 23.1 Å². The first kappa shape index (κ1) is 49.2. The molecule has 71 heavy (non-hydrogen) atoms. The molecule has 5 aliphatic heterocycles. The van der Waals surface area contributed by atoms with Crippen molar-refractivity contribution in [2.45, 2.75) is 103 Å². The van der Waals surface area contributed by atoms with Crippen LogP contribution in [-0.4, -0.2) is 119 Å². The summed E-state index contributed by atoms with van der Waals surface area (Å²) in [5.74, 6) is 0.964. The SMILES string of the molecule is CCOc1cc(N2CCC(N3CCN(CCc4cccc5c4C(C)(C)C(=O)N5C4CCC(=O)NC4=O)CC3)CC2)c(C)cc1Nc1ncc(Br)c(Nc2ccc3nc(CC)ccc3c2P2(=O)CCCC2)n1. The lowest BCUT2D eigenvalue weighted by atomic mass is 9.82. The van der Waals surface area contributed by atoms with E-state index in [0.29, 0.717) is 47.6 Å². The number of nitrogens with one attached hydrogen (secondary N) is 3. The number of halogens is 1. The maximum Gasteiger partial charge on any atom is 0.249 e. The van der Waals surface area contributed by atoms with E-state index in [1.807, 2.05) is 51.1 Å². The number of piperazine rings is 1. The molecular formula is C54H66BrN10O5P. The number of hydrogen-bond donors (Lipinski definition) is 3. The van der Waals surface area contributed by atoms with Crippen molar-refractivity contribution in [2.24, 2.45) is 0 Å². The predicted octanol–water partition coefficient (Wildman–Crippen LogP) is 8.58. The Balaban J connectivity index is 0.765. The van der Waals surface area contributed by atoms with Crippen LogP contribution in [0.3, 0.4) is 0 Å². The molecule has 2 aromatic heterocycles. The van der Waals surface area contributed by atoms with Crippen molar-refractivity contribution in [2.75, 3.05) is 85.2 Å². The highest BCUT2D eigenvalue weighted by Gasteiger charge is 2.50. The Labute approximate surface area is 425 Å². The Hall–Kier alpha value is -5.41. The van der Waals surface area contributed by atoms with E-state index in [1.165, 1.54) is 5.69 Å². The predicted molar refractivity (Wildman–Crippen MR) is 286 cm³/mol. The van der Waals surface area contributed by atoms with Gasteiger partial charge in [0.15, 0.2) is 0 Å². The summed E-state index contributed by atoms with van der Waals surface area (Å²) >= 11 is 3.68. The van der Waals surface area contributed by atoms with Crippen LogP contribution in [0.4, 0.5) is 34.5 Å². The lowest BCUT2D eigenvalue weighted by Gasteiger charge is -2.43. The second-order valence-electron chi connectivity index (χ2n) is 20.4. The quantitative estimate of drug-likeness (QED) is 0.0716. The van der Waals surface area contributed by atoms with Crippen molar-refractivity contribution in [3.8, 4) is 5.75 Å². The molecule has 15 nitrogen and oxygen atoms in total. The van der Waals surface area contributed by atoms with Gasteiger partial charge in [-0.3, -0.25) is 34.5 Å². The lowest BCUT2D eigenvalue weighted by molar-refractivity contribution is -0.136. The van der Waals surface area contributed by atoms with Crippen LogP contribution in [0.5, 0.6) is 5.75 Å². The minimum atomic E-state index is -2.65. The molecule has 1 unspecified atom stereocenters. The molecule has 0 spiro atoms. The average molecular weight is 1050 g/mol. The van der Waals surface area contributed by atoms with Gasteiger partial charge in [-0.05, 0) is 136 Å². The van der Waals surface area contributed by atoms with Crippen molar-refractivity contribution in [1.29, 1.82) is 0 Å². The average Bonchev–Trinajstić information content (AvgIpc) is 3.90. The summed E-state index contributed by atoms with van der Waals surface area (Å²) in [6, 6.07) is 18.3. The number of benzene rings is 3. The number of pyridine rings is 1. The summed E-state index contributed by atoms with van der Waals surface area (Å²) in [6.07, 6.45) is 9.44. The largest absolute Gasteiger partial charge is 0.492 e. The minimum Gasteiger partial charge on any atom is -0.492 e. The number of aryl methyl sites for hydroxylation is 2. The number of hydrogen-bond acceptors (Lipinski definition) is 13. The molecule has 10 rings (SSSR count). The topological polar surface area (TPSA) is 165 Å². The molecule has 3 aromatic carbocycles. The smallest absolute Gasteiger partial charge is 0.249 e. The van der Waals surface area contributed by atoms with Gasteiger partial charge in [0, 0.05) is 111 Å². The fourth-order valence-corrected chi connectivity index (χ4v) is 15.4. The highest BCUT2D eigenvalue weighted by atomic mass is 79.9. The Morgan fingerprint density at radius 1 is 0.887 bits per heavy atom. The van der Waals surface area contributed by atoms with E-state index in [-0.39, 0.29) is 18.2 Å². The Bertz CT molecular complexity index is 2920. The van der Waals surface area contributed by atoms with Gasteiger partial charge in [0.2, 0.25) is 23.7 Å². The first-order chi connectivity index (χ1) is 34.2. The molecule has 3 N–H and O–H groups in total. The van der Waals surface area contributed by atoms with Crippen molar-refractivity contribution in [3.63, 3.8) is 0 Å². The number of carbonyl (C=O) groups is 3. The molecule has 17 heteroatoms. The van der Waals surface area contributed by atoms with Crippen LogP contribution in [0.2, 0.25) is 0 Å². The summed E-state index contributed by atoms with van der Waals surface area (Å²) in [6.45, 7) is 17.5. The minimum absolute atomic E-state index is 0.0840. The maximum atomic E-state index is 14.5. The number of carbonyl (C=O) groups excluding carboxylic acids is 3. The number of ether oxygens (including phenoxy) is 1. The number of imide groups is 1. The van der Waals surface area contributed by atoms with E-state index in [0.717, 1.165) is 146 Å². The Morgan fingerprint density at radius 2 is 1.66 bits per heavy atom. The lowest BCUT2D eigenvalue weighted by Crippen LogP contribution is -2.55. The number of rotatable bonds is 14. The number of anilines is 6. The molecule has 0 aliphatic carbocycles. The van der Waals surface area contributed by atoms with Gasteiger partial charge in [-0.2, -0.15) is 4.98 Å². The second-order valence-corrected chi connectivity index (χ2v) is 24.3. The molecule has 4 saturated heterocycles. The molecule has 0 bridgehead atoms. The Kier molecular flexibility index (Phi) is 14.0. The van der Waals surface area contributed by atoms with Crippen LogP contribution < -0.4 is 35.8 Å².